The van der Waals surface area contributed by atoms with Crippen molar-refractivity contribution in [3.63, 3.8) is 0 Å². The number of amides is 1. The Kier molecular flexibility index (Phi) is 3.42. The van der Waals surface area contributed by atoms with E-state index in [0.29, 0.717) is 0 Å². The summed E-state index contributed by atoms with van der Waals surface area (Å²) in [6.07, 6.45) is 0.394. The maximum absolute atomic E-state index is 13.7. The lowest BCUT2D eigenvalue weighted by atomic mass is 9.98. The average Bonchev–Trinajstić information content (AvgIpc) is 2.73. The molecule has 2 rings (SSSR count). The van der Waals surface area contributed by atoms with Crippen molar-refractivity contribution in [2.45, 2.75) is 25.7 Å². The molecule has 0 bridgehead atoms. The third-order valence-corrected chi connectivity index (χ3v) is 3.13. The number of hydrogen-bond acceptors (Lipinski definition) is 3. The molecule has 1 unspecified atom stereocenters. The van der Waals surface area contributed by atoms with Crippen LogP contribution in [0.2, 0.25) is 0 Å². The zero-order valence-corrected chi connectivity index (χ0v) is 10.1. The molecule has 1 aliphatic heterocycles. The largest absolute Gasteiger partial charge is 0.309 e. The van der Waals surface area contributed by atoms with Gasteiger partial charge in [-0.3, -0.25) is 4.79 Å². The molecule has 0 fully saturated rings. The van der Waals surface area contributed by atoms with E-state index in [9.17, 15) is 18.0 Å². The average molecular weight is 269 g/mol. The molecule has 4 nitrogen and oxygen atoms in total. The number of carbonyl (C=O) groups is 1. The second-order valence-corrected chi connectivity index (χ2v) is 4.29. The van der Waals surface area contributed by atoms with Crippen molar-refractivity contribution in [2.75, 3.05) is 11.4 Å². The summed E-state index contributed by atoms with van der Waals surface area (Å²) >= 11 is 0. The van der Waals surface area contributed by atoms with E-state index in [2.05, 4.69) is 4.98 Å². The number of nitrogens with zero attached hydrogens (tertiary/aromatic N) is 3. The highest BCUT2D eigenvalue weighted by molar-refractivity contribution is 5.94. The first-order valence-corrected chi connectivity index (χ1v) is 5.66. The highest BCUT2D eigenvalue weighted by atomic mass is 19.2. The quantitative estimate of drug-likeness (QED) is 0.774. The molecule has 2 heterocycles. The number of fused-ring (bicyclic) bond motifs is 1. The van der Waals surface area contributed by atoms with E-state index in [1.807, 2.05) is 6.07 Å². The van der Waals surface area contributed by atoms with Crippen molar-refractivity contribution >= 4 is 11.6 Å². The fourth-order valence-corrected chi connectivity index (χ4v) is 2.30. The van der Waals surface area contributed by atoms with Crippen molar-refractivity contribution in [1.82, 2.24) is 4.98 Å². The van der Waals surface area contributed by atoms with Crippen LogP contribution in [-0.2, 0) is 4.79 Å². The molecule has 1 aromatic rings. The van der Waals surface area contributed by atoms with Gasteiger partial charge in [0.05, 0.1) is 11.8 Å². The van der Waals surface area contributed by atoms with E-state index in [1.54, 1.807) is 0 Å². The Labute approximate surface area is 107 Å². The number of hydrogen-bond donors (Lipinski definition) is 0. The van der Waals surface area contributed by atoms with Crippen LogP contribution in [0.25, 0.3) is 0 Å². The first-order chi connectivity index (χ1) is 8.97. The maximum Gasteiger partial charge on any atom is 0.253 e. The molecular formula is C12H10F3N3O. The van der Waals surface area contributed by atoms with Crippen molar-refractivity contribution in [1.29, 1.82) is 5.26 Å². The smallest absolute Gasteiger partial charge is 0.253 e. The molecule has 0 saturated carbocycles. The van der Waals surface area contributed by atoms with Gasteiger partial charge in [0.1, 0.15) is 0 Å². The Morgan fingerprint density at radius 2 is 2.16 bits per heavy atom. The molecule has 0 aliphatic carbocycles. The summed E-state index contributed by atoms with van der Waals surface area (Å²) in [6.45, 7) is 1.22. The minimum atomic E-state index is -1.57. The summed E-state index contributed by atoms with van der Waals surface area (Å²) in [5, 5.41) is 8.54. The van der Waals surface area contributed by atoms with Crippen LogP contribution < -0.4 is 4.90 Å². The van der Waals surface area contributed by atoms with Gasteiger partial charge in [0.25, 0.3) is 5.95 Å². The zero-order valence-electron chi connectivity index (χ0n) is 10.1. The lowest BCUT2D eigenvalue weighted by molar-refractivity contribution is -0.116. The van der Waals surface area contributed by atoms with E-state index >= 15 is 0 Å². The second kappa shape index (κ2) is 4.88. The fraction of sp³-hybridized carbons (Fsp3) is 0.417. The van der Waals surface area contributed by atoms with E-state index in [4.69, 9.17) is 5.26 Å². The van der Waals surface area contributed by atoms with Gasteiger partial charge in [-0.2, -0.15) is 23.4 Å². The van der Waals surface area contributed by atoms with Gasteiger partial charge in [-0.1, -0.05) is 0 Å². The molecular weight excluding hydrogens is 259 g/mol. The lowest BCUT2D eigenvalue weighted by Crippen LogP contribution is -2.28. The minimum Gasteiger partial charge on any atom is -0.309 e. The highest BCUT2D eigenvalue weighted by Gasteiger charge is 2.38. The van der Waals surface area contributed by atoms with Gasteiger partial charge < -0.3 is 4.90 Å². The van der Waals surface area contributed by atoms with Crippen molar-refractivity contribution in [3.05, 3.63) is 23.3 Å². The molecule has 0 aromatic carbocycles. The molecule has 7 heteroatoms. The fourth-order valence-electron chi connectivity index (χ4n) is 2.30. The van der Waals surface area contributed by atoms with E-state index in [-0.39, 0.29) is 30.6 Å². The van der Waals surface area contributed by atoms with Gasteiger partial charge in [-0.15, -0.1) is 0 Å². The summed E-state index contributed by atoms with van der Waals surface area (Å²) < 4.78 is 40.6. The third-order valence-electron chi connectivity index (χ3n) is 3.13. The molecule has 0 spiro atoms. The summed E-state index contributed by atoms with van der Waals surface area (Å²) in [6, 6.07) is 1.90. The lowest BCUT2D eigenvalue weighted by Gasteiger charge is -2.15. The summed E-state index contributed by atoms with van der Waals surface area (Å²) in [5.74, 6) is -5.07. The third kappa shape index (κ3) is 2.14. The van der Waals surface area contributed by atoms with E-state index in [1.165, 1.54) is 6.92 Å². The maximum atomic E-state index is 13.7. The predicted octanol–water partition coefficient (Wildman–Crippen LogP) is 2.25. The standard InChI is InChI=1S/C12H10F3N3O/c1-6(19)18-5-7(3-2-4-16)8-10(18)9(13)12(15)17-11(8)14/h7H,2-3,5H2,1H3. The van der Waals surface area contributed by atoms with Crippen LogP contribution in [0.5, 0.6) is 0 Å². The van der Waals surface area contributed by atoms with Gasteiger partial charge >= 0.3 is 0 Å². The van der Waals surface area contributed by atoms with Gasteiger partial charge in [-0.25, -0.2) is 0 Å². The molecule has 0 N–H and O–H groups in total. The molecule has 19 heavy (non-hydrogen) atoms. The van der Waals surface area contributed by atoms with Crippen molar-refractivity contribution in [3.8, 4) is 6.07 Å². The molecule has 1 aliphatic rings. The molecule has 0 saturated heterocycles. The Morgan fingerprint density at radius 3 is 2.74 bits per heavy atom. The van der Waals surface area contributed by atoms with Gasteiger partial charge in [-0.05, 0) is 6.42 Å². The van der Waals surface area contributed by atoms with Gasteiger partial charge in [0.15, 0.2) is 0 Å². The first-order valence-electron chi connectivity index (χ1n) is 5.66. The number of aromatic nitrogens is 1. The van der Waals surface area contributed by atoms with Crippen molar-refractivity contribution < 1.29 is 18.0 Å². The SMILES string of the molecule is CC(=O)N1CC(CCC#N)c2c(F)nc(F)c(F)c21. The van der Waals surface area contributed by atoms with Crippen LogP contribution in [0.1, 0.15) is 31.2 Å². The molecule has 0 radical (unpaired) electrons. The normalized spacial score (nSPS) is 17.2. The number of pyridine rings is 1. The first kappa shape index (κ1) is 13.3. The molecule has 1 aromatic heterocycles. The number of carbonyl (C=O) groups excluding carboxylic acids is 1. The van der Waals surface area contributed by atoms with Crippen LogP contribution in [0.3, 0.4) is 0 Å². The predicted molar refractivity (Wildman–Crippen MR) is 59.7 cm³/mol. The molecule has 1 amide bonds. The number of halogens is 3. The Hall–Kier alpha value is -2.10. The Morgan fingerprint density at radius 1 is 1.47 bits per heavy atom. The highest BCUT2D eigenvalue weighted by Crippen LogP contribution is 2.42. The number of rotatable bonds is 2. The van der Waals surface area contributed by atoms with Gasteiger partial charge in [0.2, 0.25) is 17.7 Å². The summed E-state index contributed by atoms with van der Waals surface area (Å²) in [5.41, 5.74) is -0.509. The second-order valence-electron chi connectivity index (χ2n) is 4.29. The van der Waals surface area contributed by atoms with Crippen molar-refractivity contribution in [2.24, 2.45) is 0 Å². The Bertz CT molecular complexity index is 583. The number of anilines is 1. The topological polar surface area (TPSA) is 57.0 Å². The van der Waals surface area contributed by atoms with Crippen LogP contribution in [-0.4, -0.2) is 17.4 Å². The summed E-state index contributed by atoms with van der Waals surface area (Å²) in [4.78, 5) is 15.3. The Balaban J connectivity index is 2.55. The minimum absolute atomic E-state index is 0.0331. The monoisotopic (exact) mass is 269 g/mol. The van der Waals surface area contributed by atoms with Crippen LogP contribution in [0, 0.1) is 29.0 Å². The zero-order chi connectivity index (χ0) is 14.2. The van der Waals surface area contributed by atoms with Crippen LogP contribution in [0.4, 0.5) is 18.9 Å². The van der Waals surface area contributed by atoms with E-state index in [0.717, 1.165) is 4.90 Å². The summed E-state index contributed by atoms with van der Waals surface area (Å²) in [7, 11) is 0. The van der Waals surface area contributed by atoms with Gasteiger partial charge in [0, 0.05) is 31.4 Å². The molecule has 100 valence electrons. The van der Waals surface area contributed by atoms with Crippen LogP contribution >= 0.6 is 0 Å². The molecule has 1 atom stereocenters. The number of nitriles is 1. The van der Waals surface area contributed by atoms with E-state index < -0.39 is 29.5 Å². The van der Waals surface area contributed by atoms with Crippen LogP contribution in [0.15, 0.2) is 0 Å².